The number of carbonyl (C=O) groups is 1. The van der Waals surface area contributed by atoms with Crippen LogP contribution in [0.4, 0.5) is 0 Å². The van der Waals surface area contributed by atoms with Crippen LogP contribution in [-0.4, -0.2) is 15.8 Å². The summed E-state index contributed by atoms with van der Waals surface area (Å²) in [4.78, 5) is 19.4. The van der Waals surface area contributed by atoms with Gasteiger partial charge in [0.05, 0.1) is 9.89 Å². The molecular formula is C9H11BrN2O. The van der Waals surface area contributed by atoms with Crippen molar-refractivity contribution < 1.29 is 4.79 Å². The summed E-state index contributed by atoms with van der Waals surface area (Å²) in [5.41, 5.74) is -0.597. The topological polar surface area (TPSA) is 42.9 Å². The maximum atomic E-state index is 11.3. The number of halogens is 1. The van der Waals surface area contributed by atoms with Crippen LogP contribution in [-0.2, 0) is 10.2 Å². The number of carbonyl (C=O) groups excluding carboxylic acids is 1. The van der Waals surface area contributed by atoms with Crippen LogP contribution in [0.2, 0.25) is 0 Å². The van der Waals surface area contributed by atoms with Gasteiger partial charge in [0.1, 0.15) is 11.6 Å². The molecular weight excluding hydrogens is 232 g/mol. The highest BCUT2D eigenvalue weighted by molar-refractivity contribution is 9.10. The zero-order valence-electron chi connectivity index (χ0n) is 7.84. The molecule has 0 bridgehead atoms. The van der Waals surface area contributed by atoms with E-state index >= 15 is 0 Å². The molecule has 1 heterocycles. The van der Waals surface area contributed by atoms with E-state index in [0.717, 1.165) is 4.47 Å². The van der Waals surface area contributed by atoms with Crippen molar-refractivity contribution in [1.29, 1.82) is 0 Å². The SMILES string of the molecule is CC(=O)C(C)(C)c1ncc(Br)cn1. The van der Waals surface area contributed by atoms with Crippen molar-refractivity contribution in [2.75, 3.05) is 0 Å². The van der Waals surface area contributed by atoms with Gasteiger partial charge < -0.3 is 0 Å². The van der Waals surface area contributed by atoms with Crippen LogP contribution in [0.1, 0.15) is 26.6 Å². The minimum Gasteiger partial charge on any atom is -0.299 e. The van der Waals surface area contributed by atoms with E-state index in [9.17, 15) is 4.79 Å². The van der Waals surface area contributed by atoms with E-state index < -0.39 is 5.41 Å². The van der Waals surface area contributed by atoms with Gasteiger partial charge in [0, 0.05) is 12.4 Å². The summed E-state index contributed by atoms with van der Waals surface area (Å²) in [6, 6.07) is 0. The number of hydrogen-bond acceptors (Lipinski definition) is 3. The van der Waals surface area contributed by atoms with Crippen LogP contribution < -0.4 is 0 Å². The molecule has 4 heteroatoms. The van der Waals surface area contributed by atoms with Gasteiger partial charge in [-0.05, 0) is 36.7 Å². The molecule has 0 amide bonds. The van der Waals surface area contributed by atoms with E-state index in [1.807, 2.05) is 13.8 Å². The highest BCUT2D eigenvalue weighted by Crippen LogP contribution is 2.20. The van der Waals surface area contributed by atoms with Gasteiger partial charge >= 0.3 is 0 Å². The molecule has 1 rings (SSSR count). The van der Waals surface area contributed by atoms with Gasteiger partial charge in [0.2, 0.25) is 0 Å². The zero-order chi connectivity index (χ0) is 10.1. The van der Waals surface area contributed by atoms with Crippen molar-refractivity contribution in [1.82, 2.24) is 9.97 Å². The molecule has 0 unspecified atom stereocenters. The Kier molecular flexibility index (Phi) is 2.81. The Hall–Kier alpha value is -0.770. The summed E-state index contributed by atoms with van der Waals surface area (Å²) >= 11 is 3.24. The van der Waals surface area contributed by atoms with E-state index in [0.29, 0.717) is 5.82 Å². The third kappa shape index (κ3) is 2.12. The lowest BCUT2D eigenvalue weighted by atomic mass is 9.88. The average Bonchev–Trinajstić information content (AvgIpc) is 2.04. The lowest BCUT2D eigenvalue weighted by Gasteiger charge is -2.18. The molecule has 0 aliphatic heterocycles. The van der Waals surface area contributed by atoms with Crippen molar-refractivity contribution in [2.45, 2.75) is 26.2 Å². The van der Waals surface area contributed by atoms with Crippen molar-refractivity contribution in [3.63, 3.8) is 0 Å². The summed E-state index contributed by atoms with van der Waals surface area (Å²) in [7, 11) is 0. The number of Topliss-reactive ketones (excluding diaryl/α,β-unsaturated/α-hetero) is 1. The van der Waals surface area contributed by atoms with Crippen LogP contribution >= 0.6 is 15.9 Å². The molecule has 0 fully saturated rings. The van der Waals surface area contributed by atoms with E-state index in [4.69, 9.17) is 0 Å². The highest BCUT2D eigenvalue weighted by atomic mass is 79.9. The average molecular weight is 243 g/mol. The van der Waals surface area contributed by atoms with Crippen molar-refractivity contribution in [3.8, 4) is 0 Å². The normalized spacial score (nSPS) is 11.4. The summed E-state index contributed by atoms with van der Waals surface area (Å²) in [6.07, 6.45) is 3.29. The molecule has 0 aliphatic carbocycles. The zero-order valence-corrected chi connectivity index (χ0v) is 9.42. The second kappa shape index (κ2) is 3.54. The molecule has 1 aromatic heterocycles. The Balaban J connectivity index is 3.08. The third-order valence-corrected chi connectivity index (χ3v) is 2.47. The van der Waals surface area contributed by atoms with Gasteiger partial charge in [0.15, 0.2) is 0 Å². The Morgan fingerprint density at radius 3 is 2.23 bits per heavy atom. The van der Waals surface area contributed by atoms with E-state index in [1.54, 1.807) is 19.3 Å². The molecule has 1 aromatic rings. The Bertz CT molecular complexity index is 319. The van der Waals surface area contributed by atoms with Gasteiger partial charge in [-0.2, -0.15) is 0 Å². The lowest BCUT2D eigenvalue weighted by Crippen LogP contribution is -2.28. The summed E-state index contributed by atoms with van der Waals surface area (Å²) in [5.74, 6) is 0.623. The van der Waals surface area contributed by atoms with Gasteiger partial charge in [-0.15, -0.1) is 0 Å². The lowest BCUT2D eigenvalue weighted by molar-refractivity contribution is -0.121. The van der Waals surface area contributed by atoms with Crippen LogP contribution in [0.5, 0.6) is 0 Å². The number of aromatic nitrogens is 2. The van der Waals surface area contributed by atoms with Crippen molar-refractivity contribution in [2.24, 2.45) is 0 Å². The van der Waals surface area contributed by atoms with Crippen LogP contribution in [0.25, 0.3) is 0 Å². The first kappa shape index (κ1) is 10.3. The molecule has 0 saturated heterocycles. The predicted octanol–water partition coefficient (Wildman–Crippen LogP) is 2.11. The largest absolute Gasteiger partial charge is 0.299 e. The van der Waals surface area contributed by atoms with E-state index in [2.05, 4.69) is 25.9 Å². The second-order valence-corrected chi connectivity index (χ2v) is 4.32. The highest BCUT2D eigenvalue weighted by Gasteiger charge is 2.28. The molecule has 0 aromatic carbocycles. The standard InChI is InChI=1S/C9H11BrN2O/c1-6(13)9(2,3)8-11-4-7(10)5-12-8/h4-5H,1-3H3. The molecule has 0 saturated carbocycles. The Morgan fingerprint density at radius 1 is 1.38 bits per heavy atom. The maximum Gasteiger partial charge on any atom is 0.142 e. The molecule has 13 heavy (non-hydrogen) atoms. The third-order valence-electron chi connectivity index (χ3n) is 2.06. The van der Waals surface area contributed by atoms with Crippen LogP contribution in [0.3, 0.4) is 0 Å². The monoisotopic (exact) mass is 242 g/mol. The van der Waals surface area contributed by atoms with Crippen molar-refractivity contribution >= 4 is 21.7 Å². The van der Waals surface area contributed by atoms with Gasteiger partial charge in [-0.25, -0.2) is 9.97 Å². The first-order valence-electron chi connectivity index (χ1n) is 3.93. The first-order chi connectivity index (χ1) is 5.94. The van der Waals surface area contributed by atoms with E-state index in [-0.39, 0.29) is 5.78 Å². The Labute approximate surface area is 85.7 Å². The molecule has 0 atom stereocenters. The maximum absolute atomic E-state index is 11.3. The van der Waals surface area contributed by atoms with Crippen LogP contribution in [0.15, 0.2) is 16.9 Å². The fraction of sp³-hybridized carbons (Fsp3) is 0.444. The van der Waals surface area contributed by atoms with Crippen LogP contribution in [0, 0.1) is 0 Å². The molecule has 0 radical (unpaired) electrons. The molecule has 0 N–H and O–H groups in total. The Morgan fingerprint density at radius 2 is 1.85 bits per heavy atom. The molecule has 70 valence electrons. The smallest absolute Gasteiger partial charge is 0.142 e. The minimum absolute atomic E-state index is 0.0647. The molecule has 0 spiro atoms. The van der Waals surface area contributed by atoms with Crippen molar-refractivity contribution in [3.05, 3.63) is 22.7 Å². The minimum atomic E-state index is -0.597. The predicted molar refractivity (Wildman–Crippen MR) is 53.4 cm³/mol. The fourth-order valence-electron chi connectivity index (χ4n) is 0.792. The molecule has 3 nitrogen and oxygen atoms in total. The molecule has 0 aliphatic rings. The summed E-state index contributed by atoms with van der Waals surface area (Å²) in [6.45, 7) is 5.18. The van der Waals surface area contributed by atoms with Gasteiger partial charge in [-0.1, -0.05) is 0 Å². The summed E-state index contributed by atoms with van der Waals surface area (Å²) < 4.78 is 0.815. The van der Waals surface area contributed by atoms with E-state index in [1.165, 1.54) is 0 Å². The summed E-state index contributed by atoms with van der Waals surface area (Å²) in [5, 5.41) is 0. The number of hydrogen-bond donors (Lipinski definition) is 0. The first-order valence-corrected chi connectivity index (χ1v) is 4.73. The van der Waals surface area contributed by atoms with Gasteiger partial charge in [-0.3, -0.25) is 4.79 Å². The van der Waals surface area contributed by atoms with Gasteiger partial charge in [0.25, 0.3) is 0 Å². The fourth-order valence-corrected chi connectivity index (χ4v) is 0.997. The number of rotatable bonds is 2. The second-order valence-electron chi connectivity index (χ2n) is 3.41. The number of ketones is 1. The quantitative estimate of drug-likeness (QED) is 0.798. The number of nitrogens with zero attached hydrogens (tertiary/aromatic N) is 2.